The van der Waals surface area contributed by atoms with Crippen molar-refractivity contribution in [2.24, 2.45) is 0 Å². The molecule has 29 heavy (non-hydrogen) atoms. The largest absolute Gasteiger partial charge is 0.321 e. The number of anilines is 2. The van der Waals surface area contributed by atoms with Gasteiger partial charge in [-0.1, -0.05) is 17.7 Å². The molecule has 0 bridgehead atoms. The molecule has 1 aliphatic rings. The Labute approximate surface area is 178 Å². The van der Waals surface area contributed by atoms with E-state index in [0.717, 1.165) is 30.4 Å². The van der Waals surface area contributed by atoms with Crippen LogP contribution in [0.2, 0.25) is 5.02 Å². The number of sulfonamides is 1. The minimum Gasteiger partial charge on any atom is -0.321 e. The molecule has 0 radical (unpaired) electrons. The fraction of sp³-hybridized carbons (Fsp3) is 0.200. The van der Waals surface area contributed by atoms with Gasteiger partial charge in [-0.15, -0.1) is 11.3 Å². The van der Waals surface area contributed by atoms with Crippen molar-refractivity contribution in [2.75, 3.05) is 16.3 Å². The molecular formula is C20H18ClN3O3S2. The number of benzene rings is 1. The van der Waals surface area contributed by atoms with Crippen LogP contribution < -0.4 is 10.0 Å². The molecule has 2 N–H and O–H groups in total. The average Bonchev–Trinajstić information content (AvgIpc) is 3.38. The van der Waals surface area contributed by atoms with E-state index in [1.54, 1.807) is 12.3 Å². The van der Waals surface area contributed by atoms with Gasteiger partial charge in [0.1, 0.15) is 0 Å². The zero-order valence-electron chi connectivity index (χ0n) is 15.5. The van der Waals surface area contributed by atoms with Crippen LogP contribution in [0.4, 0.5) is 11.4 Å². The molecule has 1 saturated carbocycles. The molecule has 2 aromatic heterocycles. The highest BCUT2D eigenvalue weighted by Crippen LogP contribution is 2.48. The fourth-order valence-corrected chi connectivity index (χ4v) is 5.03. The first-order valence-corrected chi connectivity index (χ1v) is 12.0. The van der Waals surface area contributed by atoms with Crippen LogP contribution in [-0.2, 0) is 10.0 Å². The third-order valence-corrected chi connectivity index (χ3v) is 6.45. The van der Waals surface area contributed by atoms with Gasteiger partial charge in [0.2, 0.25) is 10.0 Å². The van der Waals surface area contributed by atoms with E-state index in [4.69, 9.17) is 11.6 Å². The fourth-order valence-electron chi connectivity index (χ4n) is 3.02. The molecule has 0 saturated heterocycles. The van der Waals surface area contributed by atoms with E-state index >= 15 is 0 Å². The predicted octanol–water partition coefficient (Wildman–Crippen LogP) is 4.96. The number of thiophene rings is 1. The van der Waals surface area contributed by atoms with Crippen molar-refractivity contribution in [3.63, 3.8) is 0 Å². The van der Waals surface area contributed by atoms with Crippen molar-refractivity contribution in [3.05, 3.63) is 63.4 Å². The molecule has 150 valence electrons. The summed E-state index contributed by atoms with van der Waals surface area (Å²) >= 11 is 7.55. The van der Waals surface area contributed by atoms with E-state index < -0.39 is 10.0 Å². The van der Waals surface area contributed by atoms with Gasteiger partial charge in [0.15, 0.2) is 0 Å². The van der Waals surface area contributed by atoms with Gasteiger partial charge in [-0.2, -0.15) is 0 Å². The minimum atomic E-state index is -3.45. The summed E-state index contributed by atoms with van der Waals surface area (Å²) in [6.07, 6.45) is 5.04. The second-order valence-electron chi connectivity index (χ2n) is 6.93. The van der Waals surface area contributed by atoms with Crippen molar-refractivity contribution in [1.82, 2.24) is 4.98 Å². The maximum atomic E-state index is 12.9. The summed E-state index contributed by atoms with van der Waals surface area (Å²) in [5, 5.41) is 3.12. The Morgan fingerprint density at radius 1 is 1.17 bits per heavy atom. The minimum absolute atomic E-state index is 0.272. The molecule has 6 nitrogen and oxygen atoms in total. The first-order chi connectivity index (χ1) is 13.8. The van der Waals surface area contributed by atoms with Gasteiger partial charge in [0, 0.05) is 27.3 Å². The first kappa shape index (κ1) is 19.9. The number of carbonyl (C=O) groups is 1. The summed E-state index contributed by atoms with van der Waals surface area (Å²) in [7, 11) is -3.45. The highest BCUT2D eigenvalue weighted by molar-refractivity contribution is 7.92. The summed E-state index contributed by atoms with van der Waals surface area (Å²) in [4.78, 5) is 19.0. The molecule has 1 fully saturated rings. The molecule has 1 amide bonds. The number of halogens is 1. The number of nitrogens with one attached hydrogen (secondary N) is 2. The van der Waals surface area contributed by atoms with Crippen molar-refractivity contribution < 1.29 is 13.2 Å². The summed E-state index contributed by atoms with van der Waals surface area (Å²) in [6, 6.07) is 12.2. The van der Waals surface area contributed by atoms with Gasteiger partial charge < -0.3 is 5.32 Å². The number of pyridine rings is 1. The van der Waals surface area contributed by atoms with E-state index in [-0.39, 0.29) is 11.6 Å². The lowest BCUT2D eigenvalue weighted by molar-refractivity contribution is 0.103. The summed E-state index contributed by atoms with van der Waals surface area (Å²) in [5.74, 6) is 0.210. The molecule has 1 aliphatic carbocycles. The Bertz CT molecular complexity index is 1170. The lowest BCUT2D eigenvalue weighted by atomic mass is 10.1. The van der Waals surface area contributed by atoms with E-state index in [1.165, 1.54) is 28.3 Å². The normalized spacial score (nSPS) is 13.9. The first-order valence-electron chi connectivity index (χ1n) is 8.93. The van der Waals surface area contributed by atoms with E-state index in [9.17, 15) is 13.2 Å². The highest BCUT2D eigenvalue weighted by atomic mass is 35.5. The number of nitrogens with zero attached hydrogens (tertiary/aromatic N) is 1. The van der Waals surface area contributed by atoms with Gasteiger partial charge in [-0.05, 0) is 55.2 Å². The zero-order chi connectivity index (χ0) is 20.6. The third-order valence-electron chi connectivity index (χ3n) is 4.33. The van der Waals surface area contributed by atoms with E-state index in [0.29, 0.717) is 21.5 Å². The molecular weight excluding hydrogens is 430 g/mol. The van der Waals surface area contributed by atoms with Crippen LogP contribution >= 0.6 is 22.9 Å². The molecule has 0 aliphatic heterocycles. The SMILES string of the molecule is CS(=O)(=O)Nc1cc(Cl)cc(NC(=O)c2cc(-c3ccccn3)c(C3CC3)s2)c1. The monoisotopic (exact) mass is 447 g/mol. The van der Waals surface area contributed by atoms with Crippen LogP contribution in [0.15, 0.2) is 48.7 Å². The van der Waals surface area contributed by atoms with Gasteiger partial charge >= 0.3 is 0 Å². The van der Waals surface area contributed by atoms with Gasteiger partial charge in [-0.25, -0.2) is 8.42 Å². The Hall–Kier alpha value is -2.42. The number of amides is 1. The van der Waals surface area contributed by atoms with E-state index in [1.807, 2.05) is 24.3 Å². The Morgan fingerprint density at radius 3 is 2.59 bits per heavy atom. The highest BCUT2D eigenvalue weighted by Gasteiger charge is 2.30. The number of aromatic nitrogens is 1. The van der Waals surface area contributed by atoms with Crippen molar-refractivity contribution in [2.45, 2.75) is 18.8 Å². The molecule has 2 heterocycles. The second kappa shape index (κ2) is 7.78. The van der Waals surface area contributed by atoms with Crippen LogP contribution in [0.1, 0.15) is 33.3 Å². The van der Waals surface area contributed by atoms with Crippen molar-refractivity contribution in [1.29, 1.82) is 0 Å². The molecule has 9 heteroatoms. The number of hydrogen-bond donors (Lipinski definition) is 2. The van der Waals surface area contributed by atoms with E-state index in [2.05, 4.69) is 15.0 Å². The molecule has 0 atom stereocenters. The predicted molar refractivity (Wildman–Crippen MR) is 117 cm³/mol. The quantitative estimate of drug-likeness (QED) is 0.558. The van der Waals surface area contributed by atoms with Gasteiger partial charge in [0.25, 0.3) is 5.91 Å². The summed E-state index contributed by atoms with van der Waals surface area (Å²) in [5.41, 5.74) is 2.55. The molecule has 0 unspecified atom stereocenters. The number of rotatable bonds is 6. The summed E-state index contributed by atoms with van der Waals surface area (Å²) < 4.78 is 25.3. The van der Waals surface area contributed by atoms with Crippen LogP contribution in [0.3, 0.4) is 0 Å². The Kier molecular flexibility index (Phi) is 5.33. The van der Waals surface area contributed by atoms with Gasteiger partial charge in [-0.3, -0.25) is 14.5 Å². The number of carbonyl (C=O) groups excluding carboxylic acids is 1. The average molecular weight is 448 g/mol. The van der Waals surface area contributed by atoms with Crippen LogP contribution in [0.5, 0.6) is 0 Å². The maximum Gasteiger partial charge on any atom is 0.265 e. The van der Waals surface area contributed by atoms with Crippen molar-refractivity contribution in [3.8, 4) is 11.3 Å². The molecule has 4 rings (SSSR count). The summed E-state index contributed by atoms with van der Waals surface area (Å²) in [6.45, 7) is 0. The van der Waals surface area contributed by atoms with Crippen LogP contribution in [0, 0.1) is 0 Å². The topological polar surface area (TPSA) is 88.2 Å². The number of hydrogen-bond acceptors (Lipinski definition) is 5. The van der Waals surface area contributed by atoms with Crippen LogP contribution in [0.25, 0.3) is 11.3 Å². The van der Waals surface area contributed by atoms with Crippen molar-refractivity contribution >= 4 is 50.2 Å². The zero-order valence-corrected chi connectivity index (χ0v) is 17.9. The standard InChI is InChI=1S/C20H18ClN3O3S2/c1-29(26,27)24-15-9-13(21)8-14(10-15)23-20(25)18-11-16(17-4-2-3-7-22-17)19(28-18)12-5-6-12/h2-4,7-12,24H,5-6H2,1H3,(H,23,25). The third kappa shape index (κ3) is 4.95. The van der Waals surface area contributed by atoms with Gasteiger partial charge in [0.05, 0.1) is 22.5 Å². The molecule has 3 aromatic rings. The Balaban J connectivity index is 1.61. The van der Waals surface area contributed by atoms with Crippen LogP contribution in [-0.4, -0.2) is 25.6 Å². The molecule has 0 spiro atoms. The lowest BCUT2D eigenvalue weighted by Gasteiger charge is -2.09. The Morgan fingerprint density at radius 2 is 1.93 bits per heavy atom. The molecule has 1 aromatic carbocycles. The second-order valence-corrected chi connectivity index (χ2v) is 10.2. The maximum absolute atomic E-state index is 12.9. The lowest BCUT2D eigenvalue weighted by Crippen LogP contribution is -2.12. The smallest absolute Gasteiger partial charge is 0.265 e.